The number of unbranched alkanes of at least 4 members (excludes halogenated alkanes) is 10. The lowest BCUT2D eigenvalue weighted by molar-refractivity contribution is 0.514. The molecule has 0 aromatic rings. The van der Waals surface area contributed by atoms with E-state index in [1.807, 2.05) is 0 Å². The number of hydrogen-bond acceptors (Lipinski definition) is 0. The van der Waals surface area contributed by atoms with Gasteiger partial charge >= 0.3 is 0 Å². The first-order chi connectivity index (χ1) is 8.62. The zero-order chi connectivity index (χ0) is 13.7. The van der Waals surface area contributed by atoms with Gasteiger partial charge in [0, 0.05) is 0 Å². The molecule has 0 unspecified atom stereocenters. The molecule has 0 N–H and O–H groups in total. The van der Waals surface area contributed by atoms with Crippen molar-refractivity contribution in [3.05, 3.63) is 0 Å². The third-order valence-corrected chi connectivity index (χ3v) is 7.07. The Hall–Kier alpha value is 0.507. The molecule has 0 spiro atoms. The minimum Gasteiger partial charge on any atom is -0.176 e. The van der Waals surface area contributed by atoms with Crippen molar-refractivity contribution < 1.29 is 0 Å². The second-order valence-electron chi connectivity index (χ2n) is 6.58. The maximum Gasteiger partial charge on any atom is 0.130 e. The lowest BCUT2D eigenvalue weighted by Gasteiger charge is -2.20. The van der Waals surface area contributed by atoms with Crippen molar-refractivity contribution >= 4 is 19.9 Å². The Morgan fingerprint density at radius 2 is 1.11 bits per heavy atom. The Kier molecular flexibility index (Phi) is 12.9. The molecule has 110 valence electrons. The molecule has 18 heavy (non-hydrogen) atoms. The topological polar surface area (TPSA) is 0 Å². The van der Waals surface area contributed by atoms with Crippen LogP contribution in [0.15, 0.2) is 0 Å². The predicted octanol–water partition coefficient (Wildman–Crippen LogP) is 6.21. The Morgan fingerprint density at radius 3 is 1.50 bits per heavy atom. The van der Waals surface area contributed by atoms with Crippen LogP contribution in [0, 0.1) is 0 Å². The van der Waals surface area contributed by atoms with Gasteiger partial charge in [-0.2, -0.15) is 11.1 Å². The summed E-state index contributed by atoms with van der Waals surface area (Å²) in [6, 6.07) is 0. The average molecular weight is 291 g/mol. The molecule has 0 aromatic heterocycles. The van der Waals surface area contributed by atoms with E-state index >= 15 is 0 Å². The van der Waals surface area contributed by atoms with Gasteiger partial charge in [-0.25, -0.2) is 0 Å². The SMILES string of the molecule is CCCCCCCCCCCCCC(C)(C)[SiH2]Cl. The van der Waals surface area contributed by atoms with Crippen molar-refractivity contribution in [1.82, 2.24) is 0 Å². The fourth-order valence-electron chi connectivity index (χ4n) is 2.33. The van der Waals surface area contributed by atoms with Crippen LogP contribution in [0.3, 0.4) is 0 Å². The highest BCUT2D eigenvalue weighted by Crippen LogP contribution is 2.31. The smallest absolute Gasteiger partial charge is 0.130 e. The molecule has 0 saturated heterocycles. The Labute approximate surface area is 123 Å². The van der Waals surface area contributed by atoms with E-state index in [0.717, 1.165) is 0 Å². The van der Waals surface area contributed by atoms with E-state index in [9.17, 15) is 0 Å². The molecule has 0 atom stereocenters. The predicted molar refractivity (Wildman–Crippen MR) is 89.5 cm³/mol. The third kappa shape index (κ3) is 13.0. The van der Waals surface area contributed by atoms with Crippen molar-refractivity contribution in [2.75, 3.05) is 0 Å². The summed E-state index contributed by atoms with van der Waals surface area (Å²) in [5, 5.41) is 0.487. The van der Waals surface area contributed by atoms with Crippen LogP contribution >= 0.6 is 11.1 Å². The van der Waals surface area contributed by atoms with Crippen LogP contribution in [0.25, 0.3) is 0 Å². The van der Waals surface area contributed by atoms with E-state index < -0.39 is 0 Å². The quantitative estimate of drug-likeness (QED) is 0.215. The number of rotatable bonds is 13. The molecule has 0 aliphatic heterocycles. The minimum atomic E-state index is -0.344. The van der Waals surface area contributed by atoms with Crippen LogP contribution in [-0.4, -0.2) is 8.83 Å². The van der Waals surface area contributed by atoms with Crippen LogP contribution in [0.1, 0.15) is 97.8 Å². The van der Waals surface area contributed by atoms with Crippen molar-refractivity contribution in [2.45, 2.75) is 103 Å². The van der Waals surface area contributed by atoms with Crippen molar-refractivity contribution in [3.8, 4) is 0 Å². The van der Waals surface area contributed by atoms with E-state index in [1.165, 1.54) is 77.0 Å². The second kappa shape index (κ2) is 12.5. The molecule has 2 heteroatoms. The molecule has 0 amide bonds. The van der Waals surface area contributed by atoms with Gasteiger partial charge in [-0.1, -0.05) is 91.4 Å². The highest BCUT2D eigenvalue weighted by molar-refractivity contribution is 6.95. The van der Waals surface area contributed by atoms with Gasteiger partial charge in [0.25, 0.3) is 0 Å². The lowest BCUT2D eigenvalue weighted by Crippen LogP contribution is -2.07. The van der Waals surface area contributed by atoms with E-state index in [0.29, 0.717) is 5.04 Å². The summed E-state index contributed by atoms with van der Waals surface area (Å²) in [5.74, 6) is 0. The van der Waals surface area contributed by atoms with Gasteiger partial charge in [0.05, 0.1) is 0 Å². The van der Waals surface area contributed by atoms with Gasteiger partial charge in [-0.3, -0.25) is 0 Å². The van der Waals surface area contributed by atoms with E-state index in [4.69, 9.17) is 11.1 Å². The minimum absolute atomic E-state index is 0.344. The third-order valence-electron chi connectivity index (χ3n) is 3.82. The molecule has 0 nitrogen and oxygen atoms in total. The molecule has 0 rings (SSSR count). The van der Waals surface area contributed by atoms with Gasteiger partial charge in [0.15, 0.2) is 0 Å². The monoisotopic (exact) mass is 290 g/mol. The Balaban J connectivity index is 3.08. The van der Waals surface area contributed by atoms with Crippen molar-refractivity contribution in [2.24, 2.45) is 0 Å². The zero-order valence-corrected chi connectivity index (χ0v) is 15.2. The first-order valence-corrected chi connectivity index (χ1v) is 11.0. The van der Waals surface area contributed by atoms with Gasteiger partial charge < -0.3 is 0 Å². The molecular weight excluding hydrogens is 256 g/mol. The molecule has 0 aliphatic rings. The summed E-state index contributed by atoms with van der Waals surface area (Å²) in [6.07, 6.45) is 17.1. The first kappa shape index (κ1) is 18.5. The molecule has 0 radical (unpaired) electrons. The highest BCUT2D eigenvalue weighted by atomic mass is 35.6. The molecular formula is C16H35ClSi. The lowest BCUT2D eigenvalue weighted by atomic mass is 10.0. The fourth-order valence-corrected chi connectivity index (χ4v) is 3.12. The fraction of sp³-hybridized carbons (Fsp3) is 1.00. The highest BCUT2D eigenvalue weighted by Gasteiger charge is 2.15. The van der Waals surface area contributed by atoms with Crippen LogP contribution in [0.5, 0.6) is 0 Å². The van der Waals surface area contributed by atoms with Gasteiger partial charge in [-0.15, -0.1) is 0 Å². The Morgan fingerprint density at radius 1 is 0.722 bits per heavy atom. The summed E-state index contributed by atoms with van der Waals surface area (Å²) in [4.78, 5) is 0. The summed E-state index contributed by atoms with van der Waals surface area (Å²) in [7, 11) is -0.344. The summed E-state index contributed by atoms with van der Waals surface area (Å²) >= 11 is 6.07. The van der Waals surface area contributed by atoms with Gasteiger partial charge in [0.1, 0.15) is 8.83 Å². The summed E-state index contributed by atoms with van der Waals surface area (Å²) in [6.45, 7) is 6.96. The van der Waals surface area contributed by atoms with Crippen LogP contribution < -0.4 is 0 Å². The first-order valence-electron chi connectivity index (χ1n) is 8.18. The molecule has 0 aliphatic carbocycles. The standard InChI is InChI=1S/C16H35ClSi/c1-4-5-6-7-8-9-10-11-12-13-14-15-16(2,3)18-17/h4-15,18H2,1-3H3. The summed E-state index contributed by atoms with van der Waals surface area (Å²) < 4.78 is 0. The maximum absolute atomic E-state index is 6.07. The second-order valence-corrected chi connectivity index (χ2v) is 9.57. The van der Waals surface area contributed by atoms with Crippen molar-refractivity contribution in [1.29, 1.82) is 0 Å². The maximum atomic E-state index is 6.07. The largest absolute Gasteiger partial charge is 0.176 e. The molecule has 0 bridgehead atoms. The van der Waals surface area contributed by atoms with E-state index in [-0.39, 0.29) is 8.83 Å². The zero-order valence-electron chi connectivity index (χ0n) is 13.1. The van der Waals surface area contributed by atoms with Gasteiger partial charge in [0.2, 0.25) is 0 Å². The Bertz CT molecular complexity index is 168. The normalized spacial score (nSPS) is 12.7. The van der Waals surface area contributed by atoms with Crippen LogP contribution in [-0.2, 0) is 0 Å². The number of halogens is 1. The number of hydrogen-bond donors (Lipinski definition) is 0. The summed E-state index contributed by atoms with van der Waals surface area (Å²) in [5.41, 5.74) is 0. The average Bonchev–Trinajstić information content (AvgIpc) is 2.36. The van der Waals surface area contributed by atoms with Crippen LogP contribution in [0.2, 0.25) is 5.04 Å². The van der Waals surface area contributed by atoms with Crippen LogP contribution in [0.4, 0.5) is 0 Å². The molecule has 0 fully saturated rings. The molecule has 0 heterocycles. The van der Waals surface area contributed by atoms with E-state index in [1.54, 1.807) is 0 Å². The molecule has 0 saturated carbocycles. The molecule has 0 aromatic carbocycles. The van der Waals surface area contributed by atoms with E-state index in [2.05, 4.69) is 20.8 Å². The van der Waals surface area contributed by atoms with Crippen molar-refractivity contribution in [3.63, 3.8) is 0 Å². The van der Waals surface area contributed by atoms with Gasteiger partial charge in [-0.05, 0) is 11.5 Å².